The Labute approximate surface area is 241 Å². The highest BCUT2D eigenvalue weighted by Gasteiger charge is 2.33. The number of benzene rings is 3. The van der Waals surface area contributed by atoms with Gasteiger partial charge in [-0.2, -0.15) is 0 Å². The van der Waals surface area contributed by atoms with Crippen LogP contribution in [0.4, 0.5) is 0 Å². The number of nitrogens with one attached hydrogen (secondary N) is 4. The predicted octanol–water partition coefficient (Wildman–Crippen LogP) is 4.27. The van der Waals surface area contributed by atoms with Crippen LogP contribution in [-0.2, 0) is 22.6 Å². The van der Waals surface area contributed by atoms with Gasteiger partial charge < -0.3 is 22.1 Å². The molecule has 0 aliphatic heterocycles. The van der Waals surface area contributed by atoms with Crippen LogP contribution in [0.3, 0.4) is 0 Å². The molecule has 0 spiro atoms. The molecule has 0 heterocycles. The van der Waals surface area contributed by atoms with E-state index in [1.807, 2.05) is 55.5 Å². The van der Waals surface area contributed by atoms with Gasteiger partial charge in [0.1, 0.15) is 17.7 Å². The highest BCUT2D eigenvalue weighted by molar-refractivity contribution is 5.95. The predicted molar refractivity (Wildman–Crippen MR) is 163 cm³/mol. The van der Waals surface area contributed by atoms with E-state index in [2.05, 4.69) is 10.6 Å². The van der Waals surface area contributed by atoms with Crippen molar-refractivity contribution in [2.45, 2.75) is 64.0 Å². The molecule has 1 aliphatic carbocycles. The number of hydrogen-bond donors (Lipinski definition) is 6. The topological polar surface area (TPSA) is 158 Å². The van der Waals surface area contributed by atoms with Crippen LogP contribution >= 0.6 is 0 Å². The number of nitrogen functional groups attached to an aromatic ring is 2. The minimum atomic E-state index is -0.633. The Morgan fingerprint density at radius 2 is 1.37 bits per heavy atom. The maximum atomic E-state index is 14.0. The van der Waals surface area contributed by atoms with Crippen molar-refractivity contribution >= 4 is 23.5 Å². The van der Waals surface area contributed by atoms with Gasteiger partial charge in [0.05, 0.1) is 5.92 Å². The summed E-state index contributed by atoms with van der Waals surface area (Å²) in [4.78, 5) is 27.6. The largest absolute Gasteiger partial charge is 0.384 e. The lowest BCUT2D eigenvalue weighted by molar-refractivity contribution is -0.131. The molecule has 1 aliphatic rings. The van der Waals surface area contributed by atoms with Gasteiger partial charge in [0.25, 0.3) is 0 Å². The second kappa shape index (κ2) is 13.7. The zero-order chi connectivity index (χ0) is 29.4. The van der Waals surface area contributed by atoms with E-state index in [-0.39, 0.29) is 29.4 Å². The summed E-state index contributed by atoms with van der Waals surface area (Å²) in [7, 11) is 0. The molecule has 1 fully saturated rings. The number of carbonyl (C=O) groups excluding carboxylic acids is 2. The van der Waals surface area contributed by atoms with Crippen LogP contribution < -0.4 is 22.1 Å². The van der Waals surface area contributed by atoms with Crippen molar-refractivity contribution in [2.75, 3.05) is 0 Å². The van der Waals surface area contributed by atoms with Gasteiger partial charge in [0.15, 0.2) is 0 Å². The molecule has 2 amide bonds. The molecule has 3 aromatic carbocycles. The van der Waals surface area contributed by atoms with Crippen molar-refractivity contribution < 1.29 is 9.59 Å². The van der Waals surface area contributed by atoms with Crippen LogP contribution in [0.25, 0.3) is 0 Å². The molecule has 4 rings (SSSR count). The lowest BCUT2D eigenvalue weighted by atomic mass is 9.82. The Bertz CT molecular complexity index is 1380. The average molecular weight is 553 g/mol. The minimum absolute atomic E-state index is 0.000813. The van der Waals surface area contributed by atoms with Crippen LogP contribution in [0, 0.1) is 23.7 Å². The third-order valence-electron chi connectivity index (χ3n) is 8.02. The van der Waals surface area contributed by atoms with Crippen molar-refractivity contribution in [2.24, 2.45) is 17.4 Å². The minimum Gasteiger partial charge on any atom is -0.384 e. The fourth-order valence-electron chi connectivity index (χ4n) is 5.60. The van der Waals surface area contributed by atoms with Gasteiger partial charge in [0.2, 0.25) is 11.8 Å². The number of hydrogen-bond acceptors (Lipinski definition) is 4. The summed E-state index contributed by atoms with van der Waals surface area (Å²) in [5.41, 5.74) is 16.2. The van der Waals surface area contributed by atoms with Crippen molar-refractivity contribution in [1.29, 1.82) is 10.8 Å². The van der Waals surface area contributed by atoms with Gasteiger partial charge in [-0.05, 0) is 54.4 Å². The quantitative estimate of drug-likeness (QED) is 0.155. The summed E-state index contributed by atoms with van der Waals surface area (Å²) in [6.07, 6.45) is 5.47. The highest BCUT2D eigenvalue weighted by atomic mass is 16.2. The van der Waals surface area contributed by atoms with E-state index < -0.39 is 12.0 Å². The zero-order valence-corrected chi connectivity index (χ0v) is 23.6. The Morgan fingerprint density at radius 3 is 1.93 bits per heavy atom. The molecule has 0 aromatic heterocycles. The molecule has 2 atom stereocenters. The van der Waals surface area contributed by atoms with E-state index in [1.54, 1.807) is 24.3 Å². The first-order valence-electron chi connectivity index (χ1n) is 14.2. The SMILES string of the molecule is Cc1ccccc1[C@@H](Cc1ccc(C(=N)N)cc1)C(=O)N[C@H](C(=O)NCc1ccc(C(=N)N)cc1)C1CCCCC1. The maximum absolute atomic E-state index is 14.0. The van der Waals surface area contributed by atoms with Crippen molar-refractivity contribution in [3.8, 4) is 0 Å². The molecule has 8 N–H and O–H groups in total. The monoisotopic (exact) mass is 552 g/mol. The number of rotatable bonds is 11. The molecule has 214 valence electrons. The molecule has 3 aromatic rings. The Morgan fingerprint density at radius 1 is 0.805 bits per heavy atom. The van der Waals surface area contributed by atoms with Gasteiger partial charge in [-0.25, -0.2) is 0 Å². The Balaban J connectivity index is 1.55. The number of amides is 2. The number of aryl methyl sites for hydroxylation is 1. The van der Waals surface area contributed by atoms with E-state index in [9.17, 15) is 9.59 Å². The van der Waals surface area contributed by atoms with E-state index in [1.165, 1.54) is 0 Å². The average Bonchev–Trinajstić information content (AvgIpc) is 2.98. The lowest BCUT2D eigenvalue weighted by Gasteiger charge is -2.31. The molecule has 8 nitrogen and oxygen atoms in total. The Hall–Kier alpha value is -4.46. The molecular weight excluding hydrogens is 512 g/mol. The summed E-state index contributed by atoms with van der Waals surface area (Å²) in [6, 6.07) is 21.8. The van der Waals surface area contributed by atoms with E-state index in [0.717, 1.165) is 54.4 Å². The molecule has 0 unspecified atom stereocenters. The molecule has 0 bridgehead atoms. The Kier molecular flexibility index (Phi) is 9.90. The third-order valence-corrected chi connectivity index (χ3v) is 8.02. The lowest BCUT2D eigenvalue weighted by Crippen LogP contribution is -2.52. The molecule has 0 saturated heterocycles. The number of carbonyl (C=O) groups is 2. The zero-order valence-electron chi connectivity index (χ0n) is 23.6. The van der Waals surface area contributed by atoms with Crippen LogP contribution in [-0.4, -0.2) is 29.5 Å². The number of nitrogens with two attached hydrogens (primary N) is 2. The van der Waals surface area contributed by atoms with Crippen LogP contribution in [0.15, 0.2) is 72.8 Å². The highest BCUT2D eigenvalue weighted by Crippen LogP contribution is 2.29. The molecule has 8 heteroatoms. The molecular formula is C33H40N6O2. The van der Waals surface area contributed by atoms with Crippen LogP contribution in [0.1, 0.15) is 71.4 Å². The fraction of sp³-hybridized carbons (Fsp3) is 0.333. The summed E-state index contributed by atoms with van der Waals surface area (Å²) in [6.45, 7) is 2.32. The van der Waals surface area contributed by atoms with Gasteiger partial charge in [-0.15, -0.1) is 0 Å². The summed E-state index contributed by atoms with van der Waals surface area (Å²) in [5.74, 6) is -0.779. The normalized spacial score (nSPS) is 15.0. The van der Waals surface area contributed by atoms with Crippen molar-refractivity contribution in [3.05, 3.63) is 106 Å². The summed E-state index contributed by atoms with van der Waals surface area (Å²) in [5, 5.41) is 21.5. The standard InChI is InChI=1S/C33H40N6O2/c1-21-7-5-6-10-27(21)28(19-22-11-15-25(16-12-22)30(34)35)32(40)39-29(24-8-3-2-4-9-24)33(41)38-20-23-13-17-26(18-14-23)31(36)37/h5-7,10-18,24,28-29H,2-4,8-9,19-20H2,1H3,(H3,34,35)(H3,36,37)(H,38,41)(H,39,40)/t28-,29+/m1/s1. The summed E-state index contributed by atoms with van der Waals surface area (Å²) >= 11 is 0. The second-order valence-electron chi connectivity index (χ2n) is 10.9. The van der Waals surface area contributed by atoms with Gasteiger partial charge in [-0.3, -0.25) is 20.4 Å². The first-order valence-corrected chi connectivity index (χ1v) is 14.2. The first kappa shape index (κ1) is 29.5. The number of amidine groups is 2. The van der Waals surface area contributed by atoms with Gasteiger partial charge >= 0.3 is 0 Å². The smallest absolute Gasteiger partial charge is 0.243 e. The van der Waals surface area contributed by atoms with Crippen molar-refractivity contribution in [1.82, 2.24) is 10.6 Å². The summed E-state index contributed by atoms with van der Waals surface area (Å²) < 4.78 is 0. The van der Waals surface area contributed by atoms with E-state index in [4.69, 9.17) is 22.3 Å². The van der Waals surface area contributed by atoms with Crippen LogP contribution in [0.2, 0.25) is 0 Å². The van der Waals surface area contributed by atoms with E-state index in [0.29, 0.717) is 24.1 Å². The molecule has 1 saturated carbocycles. The second-order valence-corrected chi connectivity index (χ2v) is 10.9. The maximum Gasteiger partial charge on any atom is 0.243 e. The van der Waals surface area contributed by atoms with Gasteiger partial charge in [0, 0.05) is 17.7 Å². The third kappa shape index (κ3) is 7.81. The molecule has 0 radical (unpaired) electrons. The molecule has 41 heavy (non-hydrogen) atoms. The van der Waals surface area contributed by atoms with Gasteiger partial charge in [-0.1, -0.05) is 92.1 Å². The first-order chi connectivity index (χ1) is 19.7. The fourth-order valence-corrected chi connectivity index (χ4v) is 5.60. The van der Waals surface area contributed by atoms with Crippen molar-refractivity contribution in [3.63, 3.8) is 0 Å². The van der Waals surface area contributed by atoms with Crippen LogP contribution in [0.5, 0.6) is 0 Å². The van der Waals surface area contributed by atoms with E-state index >= 15 is 0 Å².